The van der Waals surface area contributed by atoms with E-state index in [0.717, 1.165) is 5.56 Å². The fourth-order valence-corrected chi connectivity index (χ4v) is 2.03. The number of hydrogen-bond acceptors (Lipinski definition) is 3. The Hall–Kier alpha value is -1.84. The largest absolute Gasteiger partial charge is 0.455 e. The van der Waals surface area contributed by atoms with E-state index in [9.17, 15) is 9.59 Å². The number of Topliss-reactive ketones (excluding diaryl/α,β-unsaturated/α-hetero) is 1. The zero-order chi connectivity index (χ0) is 15.2. The number of hydrogen-bond donors (Lipinski definition) is 0. The predicted molar refractivity (Wildman–Crippen MR) is 81.4 cm³/mol. The highest BCUT2D eigenvalue weighted by atomic mass is 35.5. The first-order valence-corrected chi connectivity index (χ1v) is 6.99. The monoisotopic (exact) mass is 322 g/mol. The molecule has 108 valence electrons. The summed E-state index contributed by atoms with van der Waals surface area (Å²) in [6.45, 7) is 0.0762. The lowest BCUT2D eigenvalue weighted by atomic mass is 10.1. The SMILES string of the molecule is O=C(Cc1ccc(Cl)c(Cl)c1)C(=O)OCc1ccccc1. The van der Waals surface area contributed by atoms with E-state index >= 15 is 0 Å². The van der Waals surface area contributed by atoms with Crippen LogP contribution in [0.3, 0.4) is 0 Å². The van der Waals surface area contributed by atoms with E-state index in [1.165, 1.54) is 0 Å². The van der Waals surface area contributed by atoms with Gasteiger partial charge < -0.3 is 4.74 Å². The molecule has 2 aromatic rings. The van der Waals surface area contributed by atoms with E-state index in [4.69, 9.17) is 27.9 Å². The minimum atomic E-state index is -0.857. The van der Waals surface area contributed by atoms with Crippen LogP contribution in [-0.2, 0) is 27.4 Å². The minimum Gasteiger partial charge on any atom is -0.455 e. The van der Waals surface area contributed by atoms with E-state index in [1.54, 1.807) is 18.2 Å². The number of ketones is 1. The highest BCUT2D eigenvalue weighted by Crippen LogP contribution is 2.22. The maximum atomic E-state index is 11.8. The van der Waals surface area contributed by atoms with Crippen LogP contribution in [0.4, 0.5) is 0 Å². The van der Waals surface area contributed by atoms with Gasteiger partial charge in [0.2, 0.25) is 5.78 Å². The maximum Gasteiger partial charge on any atom is 0.375 e. The Bertz CT molecular complexity index is 654. The molecular formula is C16H12Cl2O3. The minimum absolute atomic E-state index is 0.0650. The van der Waals surface area contributed by atoms with Crippen LogP contribution >= 0.6 is 23.2 Å². The number of halogens is 2. The molecule has 2 rings (SSSR count). The summed E-state index contributed by atoms with van der Waals surface area (Å²) in [6.07, 6.45) is -0.0650. The van der Waals surface area contributed by atoms with Crippen LogP contribution in [0.1, 0.15) is 11.1 Å². The van der Waals surface area contributed by atoms with Gasteiger partial charge in [0.25, 0.3) is 0 Å². The Morgan fingerprint density at radius 1 is 0.905 bits per heavy atom. The molecule has 0 amide bonds. The molecule has 0 aliphatic heterocycles. The number of carbonyl (C=O) groups excluding carboxylic acids is 2. The molecule has 0 heterocycles. The molecule has 0 aliphatic carbocycles. The van der Waals surface area contributed by atoms with Crippen LogP contribution in [0.2, 0.25) is 10.0 Å². The molecule has 0 radical (unpaired) electrons. The van der Waals surface area contributed by atoms with E-state index in [-0.39, 0.29) is 13.0 Å². The highest BCUT2D eigenvalue weighted by molar-refractivity contribution is 6.42. The lowest BCUT2D eigenvalue weighted by molar-refractivity contribution is -0.154. The van der Waals surface area contributed by atoms with Crippen LogP contribution in [-0.4, -0.2) is 11.8 Å². The molecule has 3 nitrogen and oxygen atoms in total. The molecular weight excluding hydrogens is 311 g/mol. The van der Waals surface area contributed by atoms with Crippen LogP contribution < -0.4 is 0 Å². The van der Waals surface area contributed by atoms with Crippen LogP contribution in [0.5, 0.6) is 0 Å². The molecule has 0 bridgehead atoms. The van der Waals surface area contributed by atoms with Gasteiger partial charge in [-0.1, -0.05) is 59.6 Å². The van der Waals surface area contributed by atoms with E-state index in [1.807, 2.05) is 30.3 Å². The van der Waals surface area contributed by atoms with E-state index in [0.29, 0.717) is 15.6 Å². The fourth-order valence-electron chi connectivity index (χ4n) is 1.71. The zero-order valence-corrected chi connectivity index (χ0v) is 12.5. The van der Waals surface area contributed by atoms with Crippen molar-refractivity contribution >= 4 is 35.0 Å². The zero-order valence-electron chi connectivity index (χ0n) is 11.0. The highest BCUT2D eigenvalue weighted by Gasteiger charge is 2.16. The quantitative estimate of drug-likeness (QED) is 0.620. The standard InChI is InChI=1S/C16H12Cl2O3/c17-13-7-6-12(8-14(13)18)9-15(19)16(20)21-10-11-4-2-1-3-5-11/h1-8H,9-10H2. The van der Waals surface area contributed by atoms with Gasteiger partial charge >= 0.3 is 5.97 Å². The van der Waals surface area contributed by atoms with Crippen molar-refractivity contribution in [2.45, 2.75) is 13.0 Å². The van der Waals surface area contributed by atoms with E-state index < -0.39 is 11.8 Å². The van der Waals surface area contributed by atoms with Crippen molar-refractivity contribution in [3.8, 4) is 0 Å². The molecule has 0 aromatic heterocycles. The topological polar surface area (TPSA) is 43.4 Å². The summed E-state index contributed by atoms with van der Waals surface area (Å²) in [5.41, 5.74) is 1.44. The molecule has 0 fully saturated rings. The molecule has 0 aliphatic rings. The van der Waals surface area contributed by atoms with Crippen molar-refractivity contribution in [1.29, 1.82) is 0 Å². The second-order valence-corrected chi connectivity index (χ2v) is 5.22. The van der Waals surface area contributed by atoms with Crippen LogP contribution in [0, 0.1) is 0 Å². The van der Waals surface area contributed by atoms with Gasteiger partial charge in [-0.25, -0.2) is 4.79 Å². The maximum absolute atomic E-state index is 11.8. The van der Waals surface area contributed by atoms with Crippen molar-refractivity contribution in [1.82, 2.24) is 0 Å². The number of esters is 1. The molecule has 0 atom stereocenters. The van der Waals surface area contributed by atoms with Gasteiger partial charge in [-0.3, -0.25) is 4.79 Å². The lowest BCUT2D eigenvalue weighted by Gasteiger charge is -2.05. The Morgan fingerprint density at radius 3 is 2.29 bits per heavy atom. The third kappa shape index (κ3) is 4.59. The molecule has 0 saturated heterocycles. The number of rotatable bonds is 5. The Balaban J connectivity index is 1.90. The second-order valence-electron chi connectivity index (χ2n) is 4.41. The average Bonchev–Trinajstić information content (AvgIpc) is 2.49. The predicted octanol–water partition coefficient (Wildman–Crippen LogP) is 3.85. The van der Waals surface area contributed by atoms with Crippen molar-refractivity contribution in [2.24, 2.45) is 0 Å². The van der Waals surface area contributed by atoms with Gasteiger partial charge in [-0.05, 0) is 23.3 Å². The number of benzene rings is 2. The summed E-state index contributed by atoms with van der Waals surface area (Å²) in [4.78, 5) is 23.4. The Morgan fingerprint density at radius 2 is 1.62 bits per heavy atom. The van der Waals surface area contributed by atoms with Gasteiger partial charge in [-0.2, -0.15) is 0 Å². The van der Waals surface area contributed by atoms with Crippen LogP contribution in [0.15, 0.2) is 48.5 Å². The molecule has 0 unspecified atom stereocenters. The normalized spacial score (nSPS) is 10.2. The number of carbonyl (C=O) groups is 2. The van der Waals surface area contributed by atoms with Gasteiger partial charge in [0.15, 0.2) is 0 Å². The Kier molecular flexibility index (Phi) is 5.37. The lowest BCUT2D eigenvalue weighted by Crippen LogP contribution is -2.19. The third-order valence-electron chi connectivity index (χ3n) is 2.79. The molecule has 5 heteroatoms. The van der Waals surface area contributed by atoms with Gasteiger partial charge in [0.05, 0.1) is 10.0 Å². The Labute approximate surface area is 132 Å². The third-order valence-corrected chi connectivity index (χ3v) is 3.53. The first-order valence-electron chi connectivity index (χ1n) is 6.24. The second kappa shape index (κ2) is 7.25. The summed E-state index contributed by atoms with van der Waals surface area (Å²) < 4.78 is 4.97. The first kappa shape index (κ1) is 15.5. The fraction of sp³-hybridized carbons (Fsp3) is 0.125. The summed E-state index contributed by atoms with van der Waals surface area (Å²) in [5.74, 6) is -1.48. The molecule has 2 aromatic carbocycles. The molecule has 0 saturated carbocycles. The van der Waals surface area contributed by atoms with Crippen molar-refractivity contribution in [2.75, 3.05) is 0 Å². The van der Waals surface area contributed by atoms with E-state index in [2.05, 4.69) is 0 Å². The van der Waals surface area contributed by atoms with Crippen LogP contribution in [0.25, 0.3) is 0 Å². The summed E-state index contributed by atoms with van der Waals surface area (Å²) in [5, 5.41) is 0.749. The van der Waals surface area contributed by atoms with Gasteiger partial charge in [-0.15, -0.1) is 0 Å². The summed E-state index contributed by atoms with van der Waals surface area (Å²) >= 11 is 11.6. The van der Waals surface area contributed by atoms with Crippen molar-refractivity contribution < 1.29 is 14.3 Å². The van der Waals surface area contributed by atoms with Gasteiger partial charge in [0, 0.05) is 6.42 Å². The molecule has 21 heavy (non-hydrogen) atoms. The molecule has 0 spiro atoms. The van der Waals surface area contributed by atoms with Gasteiger partial charge in [0.1, 0.15) is 6.61 Å². The summed E-state index contributed by atoms with van der Waals surface area (Å²) in [6, 6.07) is 14.0. The summed E-state index contributed by atoms with van der Waals surface area (Å²) in [7, 11) is 0. The van der Waals surface area contributed by atoms with Crippen molar-refractivity contribution in [3.63, 3.8) is 0 Å². The number of ether oxygens (including phenoxy) is 1. The molecule has 0 N–H and O–H groups in total. The van der Waals surface area contributed by atoms with Crippen molar-refractivity contribution in [3.05, 3.63) is 69.7 Å². The average molecular weight is 323 g/mol. The first-order chi connectivity index (χ1) is 10.1. The smallest absolute Gasteiger partial charge is 0.375 e.